The fourth-order valence-corrected chi connectivity index (χ4v) is 3.71. The number of nitrogens with one attached hydrogen (secondary N) is 2. The molecule has 6 N–H and O–H groups in total. The van der Waals surface area contributed by atoms with E-state index in [1.165, 1.54) is 19.2 Å². The van der Waals surface area contributed by atoms with Crippen molar-refractivity contribution < 1.29 is 13.9 Å². The van der Waals surface area contributed by atoms with Crippen LogP contribution in [0.4, 0.5) is 4.39 Å². The number of nitrogens with two attached hydrogens (primary N) is 2. The average Bonchev–Trinajstić information content (AvgIpc) is 2.92. The summed E-state index contributed by atoms with van der Waals surface area (Å²) < 4.78 is 19.5. The van der Waals surface area contributed by atoms with Crippen molar-refractivity contribution in [3.63, 3.8) is 0 Å². The third-order valence-electron chi connectivity index (χ3n) is 5.75. The van der Waals surface area contributed by atoms with Crippen molar-refractivity contribution in [3.05, 3.63) is 118 Å². The van der Waals surface area contributed by atoms with Crippen molar-refractivity contribution in [2.45, 2.75) is 19.5 Å². The van der Waals surface area contributed by atoms with Gasteiger partial charge >= 0.3 is 0 Å². The highest BCUT2D eigenvalue weighted by Gasteiger charge is 2.17. The zero-order valence-electron chi connectivity index (χ0n) is 21.0. The van der Waals surface area contributed by atoms with Crippen LogP contribution in [0.1, 0.15) is 33.4 Å². The minimum Gasteiger partial charge on any atom is -0.404 e. The molecule has 0 unspecified atom stereocenters. The molecule has 0 spiro atoms. The van der Waals surface area contributed by atoms with Crippen LogP contribution in [0.3, 0.4) is 0 Å². The molecule has 0 aliphatic heterocycles. The van der Waals surface area contributed by atoms with Crippen LogP contribution in [0.25, 0.3) is 0 Å². The fraction of sp³-hybridized carbons (Fsp3) is 0.172. The number of hydrogen-bond acceptors (Lipinski definition) is 6. The number of ether oxygens (including phenoxy) is 1. The lowest BCUT2D eigenvalue weighted by atomic mass is 10.0. The second kappa shape index (κ2) is 13.5. The van der Waals surface area contributed by atoms with Crippen molar-refractivity contribution in [3.8, 4) is 6.07 Å². The first kappa shape index (κ1) is 27.8. The highest BCUT2D eigenvalue weighted by atomic mass is 19.1. The number of methoxy groups -OCH3 is 1. The Bertz CT molecular complexity index is 1410. The molecule has 194 valence electrons. The molecule has 0 bridgehead atoms. The van der Waals surface area contributed by atoms with Crippen LogP contribution >= 0.6 is 0 Å². The molecule has 3 aromatic rings. The zero-order valence-corrected chi connectivity index (χ0v) is 21.0. The Balaban J connectivity index is 1.66. The quantitative estimate of drug-likeness (QED) is 0.177. The third kappa shape index (κ3) is 7.59. The Hall–Kier alpha value is -4.81. The number of carbonyl (C=O) groups is 1. The number of carbonyl (C=O) groups excluding carboxylic acids is 1. The molecule has 0 aliphatic carbocycles. The molecule has 0 heterocycles. The van der Waals surface area contributed by atoms with Gasteiger partial charge in [0.2, 0.25) is 0 Å². The first-order valence-corrected chi connectivity index (χ1v) is 11.8. The molecule has 3 rings (SSSR count). The predicted molar refractivity (Wildman–Crippen MR) is 145 cm³/mol. The molecule has 0 atom stereocenters. The number of nitriles is 1. The first-order chi connectivity index (χ1) is 18.3. The number of aliphatic imine (C=N–C) groups is 1. The summed E-state index contributed by atoms with van der Waals surface area (Å²) in [5.74, 6) is -1.34. The molecule has 0 aliphatic rings. The van der Waals surface area contributed by atoms with Gasteiger partial charge in [0, 0.05) is 31.0 Å². The molecule has 9 heteroatoms. The molecule has 0 radical (unpaired) electrons. The minimum absolute atomic E-state index is 0.0610. The van der Waals surface area contributed by atoms with Gasteiger partial charge in [-0.15, -0.1) is 0 Å². The Labute approximate surface area is 221 Å². The van der Waals surface area contributed by atoms with E-state index < -0.39 is 11.7 Å². The summed E-state index contributed by atoms with van der Waals surface area (Å²) >= 11 is 0. The molecule has 1 amide bonds. The topological polar surface area (TPSA) is 150 Å². The van der Waals surface area contributed by atoms with Crippen molar-refractivity contribution in [2.75, 3.05) is 13.7 Å². The fourth-order valence-electron chi connectivity index (χ4n) is 3.71. The highest BCUT2D eigenvalue weighted by molar-refractivity contribution is 6.22. The number of amides is 1. The van der Waals surface area contributed by atoms with E-state index >= 15 is 0 Å². The molecular weight excluding hydrogens is 483 g/mol. The van der Waals surface area contributed by atoms with E-state index in [2.05, 4.69) is 16.4 Å². The largest absolute Gasteiger partial charge is 0.404 e. The number of benzene rings is 3. The van der Waals surface area contributed by atoms with Crippen LogP contribution in [0, 0.1) is 22.6 Å². The SMILES string of the molecule is COCC(=NCc1ccc(Cc2cccc(C#N)c2)cc1)/C(=C\N)C(=O)NCc1ccc(C(=N)N)cc1F. The van der Waals surface area contributed by atoms with Crippen molar-refractivity contribution in [2.24, 2.45) is 16.5 Å². The molecule has 0 saturated heterocycles. The van der Waals surface area contributed by atoms with E-state index in [9.17, 15) is 9.18 Å². The summed E-state index contributed by atoms with van der Waals surface area (Å²) in [6.07, 6.45) is 1.85. The van der Waals surface area contributed by atoms with Gasteiger partial charge in [-0.2, -0.15) is 5.26 Å². The molecule has 3 aromatic carbocycles. The van der Waals surface area contributed by atoms with Crippen LogP contribution in [0.2, 0.25) is 0 Å². The number of rotatable bonds is 11. The lowest BCUT2D eigenvalue weighted by Gasteiger charge is -2.12. The summed E-state index contributed by atoms with van der Waals surface area (Å²) in [7, 11) is 1.49. The Morgan fingerprint density at radius 2 is 1.87 bits per heavy atom. The molecule has 0 saturated carbocycles. The van der Waals surface area contributed by atoms with E-state index in [0.717, 1.165) is 29.0 Å². The second-order valence-corrected chi connectivity index (χ2v) is 8.48. The van der Waals surface area contributed by atoms with Gasteiger partial charge in [0.25, 0.3) is 5.91 Å². The van der Waals surface area contributed by atoms with Crippen LogP contribution < -0.4 is 16.8 Å². The van der Waals surface area contributed by atoms with Crippen molar-refractivity contribution in [1.29, 1.82) is 10.7 Å². The maximum Gasteiger partial charge on any atom is 0.254 e. The summed E-state index contributed by atoms with van der Waals surface area (Å²) in [5.41, 5.74) is 15.8. The number of amidine groups is 1. The van der Waals surface area contributed by atoms with Crippen LogP contribution in [-0.4, -0.2) is 31.2 Å². The Kier molecular flexibility index (Phi) is 9.86. The molecule has 8 nitrogen and oxygen atoms in total. The van der Waals surface area contributed by atoms with Gasteiger partial charge in [0.15, 0.2) is 0 Å². The smallest absolute Gasteiger partial charge is 0.254 e. The van der Waals surface area contributed by atoms with Gasteiger partial charge in [-0.25, -0.2) is 4.39 Å². The van der Waals surface area contributed by atoms with E-state index in [1.54, 1.807) is 6.07 Å². The van der Waals surface area contributed by atoms with E-state index in [1.807, 2.05) is 42.5 Å². The Morgan fingerprint density at radius 3 is 2.50 bits per heavy atom. The van der Waals surface area contributed by atoms with Gasteiger partial charge in [-0.3, -0.25) is 15.2 Å². The molecular formula is C29H29FN6O2. The van der Waals surface area contributed by atoms with Crippen molar-refractivity contribution in [1.82, 2.24) is 5.32 Å². The number of hydrogen-bond donors (Lipinski definition) is 4. The number of nitrogen functional groups attached to an aromatic ring is 1. The van der Waals surface area contributed by atoms with Gasteiger partial charge < -0.3 is 21.5 Å². The van der Waals surface area contributed by atoms with Gasteiger partial charge in [-0.05, 0) is 41.3 Å². The summed E-state index contributed by atoms with van der Waals surface area (Å²) in [6.45, 7) is 0.277. The lowest BCUT2D eigenvalue weighted by molar-refractivity contribution is -0.117. The lowest BCUT2D eigenvalue weighted by Crippen LogP contribution is -2.31. The summed E-state index contributed by atoms with van der Waals surface area (Å²) in [6, 6.07) is 21.7. The van der Waals surface area contributed by atoms with E-state index in [0.29, 0.717) is 24.2 Å². The number of halogens is 1. The molecule has 0 aromatic heterocycles. The second-order valence-electron chi connectivity index (χ2n) is 8.48. The van der Waals surface area contributed by atoms with Gasteiger partial charge in [0.05, 0.1) is 36.1 Å². The van der Waals surface area contributed by atoms with Gasteiger partial charge in [-0.1, -0.05) is 48.5 Å². The standard InChI is InChI=1S/C29H29FN6O2/c1-38-18-27(25(15-32)29(37)36-17-24-10-9-23(28(33)34)13-26(24)30)35-16-20-7-5-19(6-8-20)11-21-3-2-4-22(12-21)14-31/h2-10,12-13,15H,11,16-18,32H2,1H3,(H3,33,34)(H,36,37)/b25-15+,35-27?. The van der Waals surface area contributed by atoms with Crippen LogP contribution in [0.15, 0.2) is 83.5 Å². The zero-order chi connectivity index (χ0) is 27.5. The molecule has 38 heavy (non-hydrogen) atoms. The normalized spacial score (nSPS) is 11.6. The number of nitrogens with zero attached hydrogens (tertiary/aromatic N) is 2. The third-order valence-corrected chi connectivity index (χ3v) is 5.75. The van der Waals surface area contributed by atoms with Crippen LogP contribution in [0.5, 0.6) is 0 Å². The Morgan fingerprint density at radius 1 is 1.13 bits per heavy atom. The van der Waals surface area contributed by atoms with Crippen LogP contribution in [-0.2, 0) is 29.0 Å². The first-order valence-electron chi connectivity index (χ1n) is 11.8. The monoisotopic (exact) mass is 512 g/mol. The minimum atomic E-state index is -0.580. The van der Waals surface area contributed by atoms with Gasteiger partial charge in [0.1, 0.15) is 11.7 Å². The summed E-state index contributed by atoms with van der Waals surface area (Å²) in [4.78, 5) is 17.4. The summed E-state index contributed by atoms with van der Waals surface area (Å²) in [5, 5.41) is 19.1. The van der Waals surface area contributed by atoms with E-state index in [4.69, 9.17) is 26.9 Å². The predicted octanol–water partition coefficient (Wildman–Crippen LogP) is 3.32. The average molecular weight is 513 g/mol. The maximum absolute atomic E-state index is 14.3. The highest BCUT2D eigenvalue weighted by Crippen LogP contribution is 2.14. The maximum atomic E-state index is 14.3. The van der Waals surface area contributed by atoms with E-state index in [-0.39, 0.29) is 35.7 Å². The molecule has 0 fully saturated rings. The van der Waals surface area contributed by atoms with Crippen molar-refractivity contribution >= 4 is 17.5 Å².